The zero-order valence-electron chi connectivity index (χ0n) is 12.9. The fourth-order valence-corrected chi connectivity index (χ4v) is 3.30. The van der Waals surface area contributed by atoms with Gasteiger partial charge >= 0.3 is 6.03 Å². The van der Waals surface area contributed by atoms with Gasteiger partial charge in [-0.15, -0.1) is 11.3 Å². The standard InChI is InChI=1S/C17H21ClN2OS/c1-13(8-9-14-6-4-3-5-7-14)19-17(21)20(2)12-15-10-11-16(18)22-15/h3-7,10-11,13H,8-9,12H2,1-2H3,(H,19,21). The highest BCUT2D eigenvalue weighted by Crippen LogP contribution is 2.22. The lowest BCUT2D eigenvalue weighted by molar-refractivity contribution is 0.203. The molecule has 1 heterocycles. The van der Waals surface area contributed by atoms with Crippen LogP contribution in [0.15, 0.2) is 42.5 Å². The van der Waals surface area contributed by atoms with E-state index in [4.69, 9.17) is 11.6 Å². The number of carbonyl (C=O) groups is 1. The Labute approximate surface area is 140 Å². The van der Waals surface area contributed by atoms with E-state index >= 15 is 0 Å². The first-order valence-electron chi connectivity index (χ1n) is 7.34. The minimum Gasteiger partial charge on any atom is -0.336 e. The molecule has 0 bridgehead atoms. The zero-order chi connectivity index (χ0) is 15.9. The van der Waals surface area contributed by atoms with E-state index in [0.29, 0.717) is 6.54 Å². The van der Waals surface area contributed by atoms with Gasteiger partial charge in [-0.05, 0) is 37.5 Å². The molecule has 1 N–H and O–H groups in total. The van der Waals surface area contributed by atoms with Crippen LogP contribution in [0, 0.1) is 0 Å². The molecule has 2 rings (SSSR count). The van der Waals surface area contributed by atoms with Crippen molar-refractivity contribution in [3.8, 4) is 0 Å². The summed E-state index contributed by atoms with van der Waals surface area (Å²) in [6.07, 6.45) is 1.89. The van der Waals surface area contributed by atoms with Crippen molar-refractivity contribution < 1.29 is 4.79 Å². The molecule has 1 aromatic heterocycles. The summed E-state index contributed by atoms with van der Waals surface area (Å²) in [5.74, 6) is 0. The maximum absolute atomic E-state index is 12.2. The van der Waals surface area contributed by atoms with Crippen molar-refractivity contribution in [3.05, 3.63) is 57.2 Å². The zero-order valence-corrected chi connectivity index (χ0v) is 14.5. The highest BCUT2D eigenvalue weighted by Gasteiger charge is 2.13. The molecular formula is C17H21ClN2OS. The molecule has 0 saturated heterocycles. The smallest absolute Gasteiger partial charge is 0.317 e. The van der Waals surface area contributed by atoms with Crippen molar-refractivity contribution in [2.45, 2.75) is 32.4 Å². The van der Waals surface area contributed by atoms with Crippen molar-refractivity contribution in [2.75, 3.05) is 7.05 Å². The molecule has 0 fully saturated rings. The number of thiophene rings is 1. The SMILES string of the molecule is CC(CCc1ccccc1)NC(=O)N(C)Cc1ccc(Cl)s1. The van der Waals surface area contributed by atoms with Gasteiger partial charge in [0.2, 0.25) is 0 Å². The van der Waals surface area contributed by atoms with Crippen LogP contribution in [0.1, 0.15) is 23.8 Å². The first-order chi connectivity index (χ1) is 10.5. The third-order valence-corrected chi connectivity index (χ3v) is 4.66. The van der Waals surface area contributed by atoms with E-state index in [9.17, 15) is 4.79 Å². The average Bonchev–Trinajstić information content (AvgIpc) is 2.91. The summed E-state index contributed by atoms with van der Waals surface area (Å²) >= 11 is 7.41. The summed E-state index contributed by atoms with van der Waals surface area (Å²) in [6, 6.07) is 14.2. The van der Waals surface area contributed by atoms with Gasteiger partial charge < -0.3 is 10.2 Å². The monoisotopic (exact) mass is 336 g/mol. The molecular weight excluding hydrogens is 316 g/mol. The van der Waals surface area contributed by atoms with Gasteiger partial charge in [0.1, 0.15) is 0 Å². The first kappa shape index (κ1) is 16.8. The number of hydrogen-bond donors (Lipinski definition) is 1. The molecule has 0 aliphatic carbocycles. The lowest BCUT2D eigenvalue weighted by atomic mass is 10.1. The molecule has 0 aliphatic heterocycles. The Morgan fingerprint density at radius 1 is 1.27 bits per heavy atom. The number of nitrogens with one attached hydrogen (secondary N) is 1. The highest BCUT2D eigenvalue weighted by molar-refractivity contribution is 7.16. The maximum atomic E-state index is 12.2. The predicted octanol–water partition coefficient (Wildman–Crippen LogP) is 4.56. The van der Waals surface area contributed by atoms with E-state index < -0.39 is 0 Å². The van der Waals surface area contributed by atoms with Crippen LogP contribution in [0.2, 0.25) is 4.34 Å². The van der Waals surface area contributed by atoms with Crippen molar-refractivity contribution in [1.82, 2.24) is 10.2 Å². The Morgan fingerprint density at radius 3 is 2.64 bits per heavy atom. The molecule has 0 saturated carbocycles. The summed E-state index contributed by atoms with van der Waals surface area (Å²) in [5, 5.41) is 3.04. The van der Waals surface area contributed by atoms with Gasteiger partial charge in [-0.2, -0.15) is 0 Å². The molecule has 118 valence electrons. The summed E-state index contributed by atoms with van der Waals surface area (Å²) in [7, 11) is 1.80. The van der Waals surface area contributed by atoms with Crippen molar-refractivity contribution in [3.63, 3.8) is 0 Å². The fourth-order valence-electron chi connectivity index (χ4n) is 2.16. The minimum atomic E-state index is -0.0508. The van der Waals surface area contributed by atoms with Gasteiger partial charge in [-0.25, -0.2) is 4.79 Å². The van der Waals surface area contributed by atoms with E-state index in [-0.39, 0.29) is 12.1 Å². The van der Waals surface area contributed by atoms with Crippen molar-refractivity contribution in [2.24, 2.45) is 0 Å². The first-order valence-corrected chi connectivity index (χ1v) is 8.54. The molecule has 5 heteroatoms. The number of hydrogen-bond acceptors (Lipinski definition) is 2. The molecule has 2 amide bonds. The van der Waals surface area contributed by atoms with Gasteiger partial charge in [0, 0.05) is 18.0 Å². The maximum Gasteiger partial charge on any atom is 0.317 e. The Morgan fingerprint density at radius 2 is 2.00 bits per heavy atom. The van der Waals surface area contributed by atoms with Crippen molar-refractivity contribution >= 4 is 29.0 Å². The number of nitrogens with zero attached hydrogens (tertiary/aromatic N) is 1. The second-order valence-electron chi connectivity index (χ2n) is 5.44. The summed E-state index contributed by atoms with van der Waals surface area (Å²) in [5.41, 5.74) is 1.30. The van der Waals surface area contributed by atoms with E-state index in [1.165, 1.54) is 16.9 Å². The number of benzene rings is 1. The second-order valence-corrected chi connectivity index (χ2v) is 7.24. The van der Waals surface area contributed by atoms with Crippen LogP contribution in [-0.4, -0.2) is 24.0 Å². The molecule has 0 aliphatic rings. The van der Waals surface area contributed by atoms with Crippen LogP contribution in [0.25, 0.3) is 0 Å². The minimum absolute atomic E-state index is 0.0508. The number of urea groups is 1. The molecule has 1 aromatic carbocycles. The third-order valence-electron chi connectivity index (χ3n) is 3.45. The normalized spacial score (nSPS) is 12.0. The number of aryl methyl sites for hydroxylation is 1. The van der Waals surface area contributed by atoms with E-state index in [1.807, 2.05) is 37.3 Å². The number of carbonyl (C=O) groups excluding carboxylic acids is 1. The van der Waals surface area contributed by atoms with Crippen molar-refractivity contribution in [1.29, 1.82) is 0 Å². The molecule has 3 nitrogen and oxygen atoms in total. The Kier molecular flexibility index (Phi) is 6.28. The van der Waals surface area contributed by atoms with Gasteiger partial charge in [-0.1, -0.05) is 41.9 Å². The average molecular weight is 337 g/mol. The lowest BCUT2D eigenvalue weighted by Gasteiger charge is -2.21. The number of rotatable bonds is 6. The molecule has 22 heavy (non-hydrogen) atoms. The van der Waals surface area contributed by atoms with Crippen LogP contribution in [0.3, 0.4) is 0 Å². The summed E-state index contributed by atoms with van der Waals surface area (Å²) in [6.45, 7) is 2.62. The second kappa shape index (κ2) is 8.20. The largest absolute Gasteiger partial charge is 0.336 e. The Balaban J connectivity index is 1.75. The predicted molar refractivity (Wildman–Crippen MR) is 93.6 cm³/mol. The highest BCUT2D eigenvalue weighted by atomic mass is 35.5. The number of halogens is 1. The van der Waals surface area contributed by atoms with Crippen LogP contribution in [0.4, 0.5) is 4.79 Å². The topological polar surface area (TPSA) is 32.3 Å². The van der Waals surface area contributed by atoms with Crippen LogP contribution >= 0.6 is 22.9 Å². The van der Waals surface area contributed by atoms with Crippen LogP contribution < -0.4 is 5.32 Å². The Bertz CT molecular complexity index is 600. The van der Waals surface area contributed by atoms with E-state index in [2.05, 4.69) is 17.4 Å². The van der Waals surface area contributed by atoms with Gasteiger partial charge in [0.05, 0.1) is 10.9 Å². The summed E-state index contributed by atoms with van der Waals surface area (Å²) in [4.78, 5) is 14.9. The lowest BCUT2D eigenvalue weighted by Crippen LogP contribution is -2.41. The molecule has 1 atom stereocenters. The van der Waals surface area contributed by atoms with Gasteiger partial charge in [0.15, 0.2) is 0 Å². The molecule has 0 spiro atoms. The van der Waals surface area contributed by atoms with Gasteiger partial charge in [0.25, 0.3) is 0 Å². The molecule has 1 unspecified atom stereocenters. The summed E-state index contributed by atoms with van der Waals surface area (Å²) < 4.78 is 0.750. The number of amides is 2. The van der Waals surface area contributed by atoms with Gasteiger partial charge in [-0.3, -0.25) is 0 Å². The van der Waals surface area contributed by atoms with Crippen LogP contribution in [-0.2, 0) is 13.0 Å². The third kappa shape index (κ3) is 5.35. The Hall–Kier alpha value is -1.52. The van der Waals surface area contributed by atoms with E-state index in [1.54, 1.807) is 11.9 Å². The fraction of sp³-hybridized carbons (Fsp3) is 0.353. The quantitative estimate of drug-likeness (QED) is 0.823. The van der Waals surface area contributed by atoms with Crippen LogP contribution in [0.5, 0.6) is 0 Å². The molecule has 0 radical (unpaired) electrons. The van der Waals surface area contributed by atoms with E-state index in [0.717, 1.165) is 22.1 Å². The molecule has 2 aromatic rings.